The molecule has 0 saturated heterocycles. The van der Waals surface area contributed by atoms with Gasteiger partial charge in [0.15, 0.2) is 0 Å². The second-order valence-corrected chi connectivity index (χ2v) is 7.51. The third-order valence-corrected chi connectivity index (χ3v) is 5.13. The number of nitrogens with one attached hydrogen (secondary N) is 1. The predicted molar refractivity (Wildman–Crippen MR) is 115 cm³/mol. The summed E-state index contributed by atoms with van der Waals surface area (Å²) in [5.41, 5.74) is 3.47. The summed E-state index contributed by atoms with van der Waals surface area (Å²) in [4.78, 5) is 33.8. The van der Waals surface area contributed by atoms with E-state index in [-0.39, 0.29) is 18.0 Å². The van der Waals surface area contributed by atoms with E-state index in [1.54, 1.807) is 11.3 Å². The van der Waals surface area contributed by atoms with Gasteiger partial charge in [-0.1, -0.05) is 48.5 Å². The molecule has 7 heteroatoms. The van der Waals surface area contributed by atoms with Crippen molar-refractivity contribution in [1.29, 1.82) is 0 Å². The second-order valence-electron chi connectivity index (χ2n) is 6.45. The standard InChI is InChI=1S/C22H18N4O2S/c1-15-24-20(13-29-15)17-9-5-6-10-18(17)25-21(27)12-26-14-23-19(11-22(26)28)16-7-3-2-4-8-16/h2-11,13-14H,12H2,1H3,(H,25,27). The van der Waals surface area contributed by atoms with E-state index in [0.717, 1.165) is 21.8 Å². The van der Waals surface area contributed by atoms with Crippen LogP contribution in [0.3, 0.4) is 0 Å². The molecule has 0 spiro atoms. The molecule has 0 atom stereocenters. The molecule has 6 nitrogen and oxygen atoms in total. The van der Waals surface area contributed by atoms with E-state index in [4.69, 9.17) is 0 Å². The Morgan fingerprint density at radius 3 is 2.55 bits per heavy atom. The lowest BCUT2D eigenvalue weighted by atomic mass is 10.1. The zero-order chi connectivity index (χ0) is 20.2. The van der Waals surface area contributed by atoms with Gasteiger partial charge in [-0.25, -0.2) is 9.97 Å². The first-order chi connectivity index (χ1) is 14.1. The fraction of sp³-hybridized carbons (Fsp3) is 0.0909. The van der Waals surface area contributed by atoms with Crippen molar-refractivity contribution in [3.05, 3.63) is 87.7 Å². The average Bonchev–Trinajstić information content (AvgIpc) is 3.16. The second kappa shape index (κ2) is 8.20. The number of nitrogens with zero attached hydrogens (tertiary/aromatic N) is 3. The van der Waals surface area contributed by atoms with Crippen molar-refractivity contribution in [2.45, 2.75) is 13.5 Å². The third kappa shape index (κ3) is 4.30. The van der Waals surface area contributed by atoms with Crippen LogP contribution in [-0.4, -0.2) is 20.4 Å². The number of thiazole rings is 1. The molecule has 144 valence electrons. The first-order valence-electron chi connectivity index (χ1n) is 9.03. The molecule has 1 amide bonds. The normalized spacial score (nSPS) is 10.7. The van der Waals surface area contributed by atoms with Gasteiger partial charge in [0.25, 0.3) is 5.56 Å². The Bertz CT molecular complexity index is 1210. The van der Waals surface area contributed by atoms with Gasteiger partial charge in [0.05, 0.1) is 28.4 Å². The Hall–Kier alpha value is -3.58. The highest BCUT2D eigenvalue weighted by molar-refractivity contribution is 7.09. The molecule has 0 radical (unpaired) electrons. The summed E-state index contributed by atoms with van der Waals surface area (Å²) < 4.78 is 1.29. The van der Waals surface area contributed by atoms with Crippen LogP contribution in [0.25, 0.3) is 22.5 Å². The maximum atomic E-state index is 12.6. The molecule has 0 aliphatic heterocycles. The molecule has 4 aromatic rings. The van der Waals surface area contributed by atoms with Crippen LogP contribution in [-0.2, 0) is 11.3 Å². The van der Waals surface area contributed by atoms with E-state index in [1.807, 2.05) is 66.9 Å². The molecule has 1 N–H and O–H groups in total. The quantitative estimate of drug-likeness (QED) is 0.548. The zero-order valence-corrected chi connectivity index (χ0v) is 16.5. The number of carbonyl (C=O) groups is 1. The largest absolute Gasteiger partial charge is 0.324 e. The topological polar surface area (TPSA) is 76.9 Å². The molecule has 0 unspecified atom stereocenters. The molecule has 0 aliphatic rings. The van der Waals surface area contributed by atoms with Crippen LogP contribution in [0.5, 0.6) is 0 Å². The number of hydrogen-bond acceptors (Lipinski definition) is 5. The molecular formula is C22H18N4O2S. The van der Waals surface area contributed by atoms with Crippen LogP contribution in [0.4, 0.5) is 5.69 Å². The summed E-state index contributed by atoms with van der Waals surface area (Å²) >= 11 is 1.55. The van der Waals surface area contributed by atoms with Gasteiger partial charge in [0.1, 0.15) is 6.54 Å². The van der Waals surface area contributed by atoms with E-state index in [0.29, 0.717) is 11.4 Å². The first-order valence-corrected chi connectivity index (χ1v) is 9.91. The van der Waals surface area contributed by atoms with Crippen molar-refractivity contribution < 1.29 is 4.79 Å². The highest BCUT2D eigenvalue weighted by atomic mass is 32.1. The summed E-state index contributed by atoms with van der Waals surface area (Å²) in [7, 11) is 0. The van der Waals surface area contributed by atoms with Gasteiger partial charge >= 0.3 is 0 Å². The van der Waals surface area contributed by atoms with Crippen molar-refractivity contribution >= 4 is 22.9 Å². The highest BCUT2D eigenvalue weighted by Crippen LogP contribution is 2.28. The Morgan fingerprint density at radius 1 is 1.07 bits per heavy atom. The Kier molecular flexibility index (Phi) is 5.31. The van der Waals surface area contributed by atoms with Crippen molar-refractivity contribution in [3.63, 3.8) is 0 Å². The summed E-state index contributed by atoms with van der Waals surface area (Å²) in [5.74, 6) is -0.305. The van der Waals surface area contributed by atoms with Crippen molar-refractivity contribution in [2.75, 3.05) is 5.32 Å². The highest BCUT2D eigenvalue weighted by Gasteiger charge is 2.12. The summed E-state index contributed by atoms with van der Waals surface area (Å²) in [6, 6.07) is 18.4. The van der Waals surface area contributed by atoms with Crippen LogP contribution >= 0.6 is 11.3 Å². The summed E-state index contributed by atoms with van der Waals surface area (Å²) in [6.07, 6.45) is 1.40. The Balaban J connectivity index is 1.52. The minimum atomic E-state index is -0.305. The van der Waals surface area contributed by atoms with E-state index in [1.165, 1.54) is 17.0 Å². The van der Waals surface area contributed by atoms with E-state index >= 15 is 0 Å². The Morgan fingerprint density at radius 2 is 1.83 bits per heavy atom. The average molecular weight is 402 g/mol. The van der Waals surface area contributed by atoms with Crippen LogP contribution in [0.2, 0.25) is 0 Å². The molecular weight excluding hydrogens is 384 g/mol. The van der Waals surface area contributed by atoms with E-state index in [9.17, 15) is 9.59 Å². The molecule has 2 aromatic carbocycles. The monoisotopic (exact) mass is 402 g/mol. The first kappa shape index (κ1) is 18.8. The number of carbonyl (C=O) groups excluding carboxylic acids is 1. The molecule has 2 aromatic heterocycles. The predicted octanol–water partition coefficient (Wildman–Crippen LogP) is 3.98. The van der Waals surface area contributed by atoms with E-state index < -0.39 is 0 Å². The number of rotatable bonds is 5. The third-order valence-electron chi connectivity index (χ3n) is 4.36. The maximum Gasteiger partial charge on any atom is 0.254 e. The number of para-hydroxylation sites is 1. The number of aromatic nitrogens is 3. The number of anilines is 1. The SMILES string of the molecule is Cc1nc(-c2ccccc2NC(=O)Cn2cnc(-c3ccccc3)cc2=O)cs1. The van der Waals surface area contributed by atoms with Gasteiger partial charge in [-0.3, -0.25) is 14.2 Å². The molecule has 2 heterocycles. The van der Waals surface area contributed by atoms with Gasteiger partial charge < -0.3 is 5.32 Å². The summed E-state index contributed by atoms with van der Waals surface area (Å²) in [6.45, 7) is 1.82. The molecule has 0 fully saturated rings. The molecule has 4 rings (SSSR count). The van der Waals surface area contributed by atoms with Crippen LogP contribution < -0.4 is 10.9 Å². The zero-order valence-electron chi connectivity index (χ0n) is 15.7. The van der Waals surface area contributed by atoms with Gasteiger partial charge in [-0.05, 0) is 13.0 Å². The van der Waals surface area contributed by atoms with E-state index in [2.05, 4.69) is 15.3 Å². The smallest absolute Gasteiger partial charge is 0.254 e. The van der Waals surface area contributed by atoms with Crippen LogP contribution in [0.15, 0.2) is 77.2 Å². The summed E-state index contributed by atoms with van der Waals surface area (Å²) in [5, 5.41) is 5.79. The molecule has 29 heavy (non-hydrogen) atoms. The van der Waals surface area contributed by atoms with Gasteiger partial charge in [-0.15, -0.1) is 11.3 Å². The van der Waals surface area contributed by atoms with Crippen molar-refractivity contribution in [3.8, 4) is 22.5 Å². The lowest BCUT2D eigenvalue weighted by Crippen LogP contribution is -2.27. The number of benzene rings is 2. The van der Waals surface area contributed by atoms with Gasteiger partial charge in [0.2, 0.25) is 5.91 Å². The van der Waals surface area contributed by atoms with Crippen molar-refractivity contribution in [2.24, 2.45) is 0 Å². The van der Waals surface area contributed by atoms with Gasteiger partial charge in [0, 0.05) is 22.6 Å². The number of aryl methyl sites for hydroxylation is 1. The molecule has 0 aliphatic carbocycles. The molecule has 0 saturated carbocycles. The molecule has 0 bridgehead atoms. The minimum Gasteiger partial charge on any atom is -0.324 e. The van der Waals surface area contributed by atoms with Gasteiger partial charge in [-0.2, -0.15) is 0 Å². The minimum absolute atomic E-state index is 0.120. The number of hydrogen-bond donors (Lipinski definition) is 1. The number of amides is 1. The van der Waals surface area contributed by atoms with Crippen LogP contribution in [0, 0.1) is 6.92 Å². The maximum absolute atomic E-state index is 12.6. The lowest BCUT2D eigenvalue weighted by molar-refractivity contribution is -0.116. The van der Waals surface area contributed by atoms with Crippen LogP contribution in [0.1, 0.15) is 5.01 Å². The Labute approximate surface area is 171 Å². The lowest BCUT2D eigenvalue weighted by Gasteiger charge is -2.11. The fourth-order valence-electron chi connectivity index (χ4n) is 2.96. The fourth-order valence-corrected chi connectivity index (χ4v) is 3.57. The van der Waals surface area contributed by atoms with Crippen molar-refractivity contribution in [1.82, 2.24) is 14.5 Å².